The van der Waals surface area contributed by atoms with Gasteiger partial charge in [-0.1, -0.05) is 6.07 Å². The van der Waals surface area contributed by atoms with E-state index < -0.39 is 15.6 Å². The lowest BCUT2D eigenvalue weighted by molar-refractivity contribution is 0.560. The van der Waals surface area contributed by atoms with Crippen LogP contribution in [0, 0.1) is 0 Å². The highest BCUT2D eigenvalue weighted by molar-refractivity contribution is 7.89. The lowest BCUT2D eigenvalue weighted by Gasteiger charge is -2.08. The average molecular weight is 382 g/mol. The number of nitrogens with one attached hydrogen (secondary N) is 1. The molecule has 3 heterocycles. The number of fused-ring (bicyclic) bond motifs is 1. The molecule has 0 unspecified atom stereocenters. The molecule has 0 aliphatic heterocycles. The number of hydrogen-bond donors (Lipinski definition) is 1. The first-order chi connectivity index (χ1) is 13.0. The van der Waals surface area contributed by atoms with Crippen LogP contribution in [0.15, 0.2) is 81.2 Å². The standard InChI is InChI=1S/C18H14N4O4S/c23-18-7-3-14-10-15(4-5-16(14)26-18)27(24,25)21-12-13-2-6-17(19-11-13)22-9-1-8-20-22/h1-11,21H,12H2. The van der Waals surface area contributed by atoms with Crippen LogP contribution in [0.5, 0.6) is 0 Å². The second-order valence-corrected chi connectivity index (χ2v) is 7.52. The molecule has 9 heteroatoms. The van der Waals surface area contributed by atoms with Gasteiger partial charge in [0.1, 0.15) is 5.58 Å². The monoisotopic (exact) mass is 382 g/mol. The van der Waals surface area contributed by atoms with Crippen molar-refractivity contribution < 1.29 is 12.8 Å². The van der Waals surface area contributed by atoms with Crippen LogP contribution in [0.4, 0.5) is 0 Å². The topological polar surface area (TPSA) is 107 Å². The molecule has 3 aromatic heterocycles. The Labute approximate surface area is 154 Å². The summed E-state index contributed by atoms with van der Waals surface area (Å²) in [5.41, 5.74) is 0.559. The van der Waals surface area contributed by atoms with E-state index in [0.717, 1.165) is 0 Å². The summed E-state index contributed by atoms with van der Waals surface area (Å²) in [6, 6.07) is 12.4. The molecule has 0 radical (unpaired) electrons. The number of sulfonamides is 1. The summed E-state index contributed by atoms with van der Waals surface area (Å²) in [6.07, 6.45) is 5.01. The van der Waals surface area contributed by atoms with Gasteiger partial charge < -0.3 is 4.42 Å². The molecule has 0 saturated heterocycles. The van der Waals surface area contributed by atoms with E-state index in [9.17, 15) is 13.2 Å². The highest BCUT2D eigenvalue weighted by atomic mass is 32.2. The molecule has 1 aromatic carbocycles. The number of aromatic nitrogens is 3. The number of benzene rings is 1. The van der Waals surface area contributed by atoms with Crippen LogP contribution in [0.1, 0.15) is 5.56 Å². The molecule has 0 saturated carbocycles. The van der Waals surface area contributed by atoms with Crippen molar-refractivity contribution in [2.24, 2.45) is 0 Å². The van der Waals surface area contributed by atoms with Gasteiger partial charge in [0, 0.05) is 36.6 Å². The van der Waals surface area contributed by atoms with E-state index in [2.05, 4.69) is 14.8 Å². The van der Waals surface area contributed by atoms with Gasteiger partial charge in [0.15, 0.2) is 5.82 Å². The predicted molar refractivity (Wildman–Crippen MR) is 97.9 cm³/mol. The molecule has 0 fully saturated rings. The van der Waals surface area contributed by atoms with E-state index >= 15 is 0 Å². The first-order valence-corrected chi connectivity index (χ1v) is 9.48. The molecule has 0 atom stereocenters. The third-order valence-corrected chi connectivity index (χ3v) is 5.31. The Morgan fingerprint density at radius 1 is 1.11 bits per heavy atom. The summed E-state index contributed by atoms with van der Waals surface area (Å²) in [5, 5.41) is 4.62. The maximum Gasteiger partial charge on any atom is 0.336 e. The molecule has 4 rings (SSSR count). The molecule has 0 bridgehead atoms. The third kappa shape index (κ3) is 3.64. The Morgan fingerprint density at radius 3 is 2.74 bits per heavy atom. The van der Waals surface area contributed by atoms with Gasteiger partial charge in [0.25, 0.3) is 0 Å². The molecular weight excluding hydrogens is 368 g/mol. The molecule has 27 heavy (non-hydrogen) atoms. The molecule has 0 amide bonds. The van der Waals surface area contributed by atoms with E-state index in [-0.39, 0.29) is 11.4 Å². The van der Waals surface area contributed by atoms with Crippen molar-refractivity contribution in [2.75, 3.05) is 0 Å². The van der Waals surface area contributed by atoms with E-state index in [1.807, 2.05) is 0 Å². The smallest absolute Gasteiger partial charge is 0.336 e. The van der Waals surface area contributed by atoms with Crippen molar-refractivity contribution >= 4 is 21.0 Å². The van der Waals surface area contributed by atoms with E-state index in [0.29, 0.717) is 22.4 Å². The number of rotatable bonds is 5. The highest BCUT2D eigenvalue weighted by Gasteiger charge is 2.15. The van der Waals surface area contributed by atoms with Crippen LogP contribution >= 0.6 is 0 Å². The third-order valence-electron chi connectivity index (χ3n) is 3.92. The number of hydrogen-bond acceptors (Lipinski definition) is 6. The van der Waals surface area contributed by atoms with Gasteiger partial charge in [-0.25, -0.2) is 27.6 Å². The molecule has 4 aromatic rings. The van der Waals surface area contributed by atoms with Crippen molar-refractivity contribution in [2.45, 2.75) is 11.4 Å². The predicted octanol–water partition coefficient (Wildman–Crippen LogP) is 1.85. The Morgan fingerprint density at radius 2 is 2.00 bits per heavy atom. The van der Waals surface area contributed by atoms with Gasteiger partial charge in [-0.3, -0.25) is 0 Å². The summed E-state index contributed by atoms with van der Waals surface area (Å²) in [5.74, 6) is 0.641. The van der Waals surface area contributed by atoms with Crippen LogP contribution in [-0.2, 0) is 16.6 Å². The van der Waals surface area contributed by atoms with E-state index in [1.54, 1.807) is 41.5 Å². The molecule has 136 valence electrons. The van der Waals surface area contributed by atoms with Gasteiger partial charge in [-0.05, 0) is 42.0 Å². The fraction of sp³-hybridized carbons (Fsp3) is 0.0556. The van der Waals surface area contributed by atoms with Gasteiger partial charge in [0.2, 0.25) is 10.0 Å². The lowest BCUT2D eigenvalue weighted by atomic mass is 10.2. The molecule has 0 aliphatic carbocycles. The van der Waals surface area contributed by atoms with Gasteiger partial charge in [-0.2, -0.15) is 5.10 Å². The van der Waals surface area contributed by atoms with Crippen molar-refractivity contribution in [1.29, 1.82) is 0 Å². The Bertz CT molecular complexity index is 1250. The molecular formula is C18H14N4O4S. The minimum Gasteiger partial charge on any atom is -0.423 e. The summed E-state index contributed by atoms with van der Waals surface area (Å²) >= 11 is 0. The zero-order chi connectivity index (χ0) is 18.9. The SMILES string of the molecule is O=c1ccc2cc(S(=O)(=O)NCc3ccc(-n4cccn4)nc3)ccc2o1. The van der Waals surface area contributed by atoms with Crippen LogP contribution in [0.25, 0.3) is 16.8 Å². The van der Waals surface area contributed by atoms with E-state index in [1.165, 1.54) is 30.3 Å². The first-order valence-electron chi connectivity index (χ1n) is 8.00. The molecule has 1 N–H and O–H groups in total. The number of pyridine rings is 1. The largest absolute Gasteiger partial charge is 0.423 e. The van der Waals surface area contributed by atoms with Gasteiger partial charge >= 0.3 is 5.63 Å². The maximum absolute atomic E-state index is 12.5. The Kier molecular flexibility index (Phi) is 4.30. The average Bonchev–Trinajstić information content (AvgIpc) is 3.21. The fourth-order valence-electron chi connectivity index (χ4n) is 2.54. The summed E-state index contributed by atoms with van der Waals surface area (Å²) in [7, 11) is -3.73. The minimum atomic E-state index is -3.73. The Balaban J connectivity index is 1.51. The van der Waals surface area contributed by atoms with Crippen molar-refractivity contribution in [1.82, 2.24) is 19.5 Å². The van der Waals surface area contributed by atoms with Crippen LogP contribution < -0.4 is 10.3 Å². The van der Waals surface area contributed by atoms with Crippen LogP contribution in [0.2, 0.25) is 0 Å². The lowest BCUT2D eigenvalue weighted by Crippen LogP contribution is -2.23. The van der Waals surface area contributed by atoms with Crippen molar-refractivity contribution in [3.05, 3.63) is 83.1 Å². The first kappa shape index (κ1) is 17.1. The highest BCUT2D eigenvalue weighted by Crippen LogP contribution is 2.18. The summed E-state index contributed by atoms with van der Waals surface area (Å²) in [4.78, 5) is 15.6. The zero-order valence-electron chi connectivity index (χ0n) is 13.9. The number of nitrogens with zero attached hydrogens (tertiary/aromatic N) is 3. The van der Waals surface area contributed by atoms with Crippen molar-refractivity contribution in [3.63, 3.8) is 0 Å². The normalized spacial score (nSPS) is 11.7. The molecule has 0 spiro atoms. The second kappa shape index (κ2) is 6.78. The fourth-order valence-corrected chi connectivity index (χ4v) is 3.59. The Hall–Kier alpha value is -3.30. The molecule has 8 nitrogen and oxygen atoms in total. The summed E-state index contributed by atoms with van der Waals surface area (Å²) < 4.78 is 34.2. The van der Waals surface area contributed by atoms with Crippen molar-refractivity contribution in [3.8, 4) is 5.82 Å². The van der Waals surface area contributed by atoms with Gasteiger partial charge in [-0.15, -0.1) is 0 Å². The van der Waals surface area contributed by atoms with Crippen LogP contribution in [0.3, 0.4) is 0 Å². The van der Waals surface area contributed by atoms with E-state index in [4.69, 9.17) is 4.42 Å². The summed E-state index contributed by atoms with van der Waals surface area (Å²) in [6.45, 7) is 0.0939. The van der Waals surface area contributed by atoms with Gasteiger partial charge in [0.05, 0.1) is 4.90 Å². The zero-order valence-corrected chi connectivity index (χ0v) is 14.8. The molecule has 0 aliphatic rings. The maximum atomic E-state index is 12.5. The second-order valence-electron chi connectivity index (χ2n) is 5.75. The quantitative estimate of drug-likeness (QED) is 0.528. The minimum absolute atomic E-state index is 0.0879. The van der Waals surface area contributed by atoms with Crippen LogP contribution in [-0.4, -0.2) is 23.2 Å².